The van der Waals surface area contributed by atoms with Crippen LogP contribution in [0.25, 0.3) is 0 Å². The van der Waals surface area contributed by atoms with Crippen molar-refractivity contribution in [1.29, 1.82) is 0 Å². The molecule has 6 saturated carbocycles. The largest absolute Gasteiger partial charge is 0.275 e. The molecule has 0 saturated heterocycles. The smallest absolute Gasteiger partial charge is 0.256 e. The lowest BCUT2D eigenvalue weighted by molar-refractivity contribution is -0.522. The predicted molar refractivity (Wildman–Crippen MR) is 134 cm³/mol. The van der Waals surface area contributed by atoms with E-state index in [1.54, 1.807) is 13.8 Å². The van der Waals surface area contributed by atoms with Gasteiger partial charge in [0, 0.05) is 24.1 Å². The molecule has 1 heterocycles. The first kappa shape index (κ1) is 26.3. The van der Waals surface area contributed by atoms with Crippen molar-refractivity contribution in [3.8, 4) is 0 Å². The van der Waals surface area contributed by atoms with Crippen LogP contribution in [0.5, 0.6) is 0 Å². The van der Waals surface area contributed by atoms with Crippen molar-refractivity contribution in [1.82, 2.24) is 4.90 Å². The minimum atomic E-state index is -0.845. The number of rotatable bonds is 9. The summed E-state index contributed by atoms with van der Waals surface area (Å²) in [7, 11) is 0. The van der Waals surface area contributed by atoms with Crippen molar-refractivity contribution < 1.29 is 29.1 Å². The lowest BCUT2D eigenvalue weighted by atomic mass is 9.44. The number of nitrogens with zero attached hydrogens (tertiary/aromatic N) is 1. The summed E-state index contributed by atoms with van der Waals surface area (Å²) >= 11 is 0. The van der Waals surface area contributed by atoms with E-state index < -0.39 is 17.5 Å². The van der Waals surface area contributed by atoms with Gasteiger partial charge in [0.25, 0.3) is 11.8 Å². The third-order valence-corrected chi connectivity index (χ3v) is 11.4. The lowest BCUT2D eigenvalue weighted by Gasteiger charge is -2.63. The van der Waals surface area contributed by atoms with Crippen LogP contribution in [0.15, 0.2) is 11.1 Å². The van der Waals surface area contributed by atoms with Gasteiger partial charge in [-0.25, -0.2) is 19.6 Å². The topological polar surface area (TPSA) is 74.3 Å². The van der Waals surface area contributed by atoms with E-state index in [-0.39, 0.29) is 35.6 Å². The molecule has 0 radical (unpaired) electrons. The second-order valence-electron chi connectivity index (χ2n) is 13.9. The molecule has 0 aromatic heterocycles. The number of fused-ring (bicyclic) bond motifs is 4. The van der Waals surface area contributed by atoms with Crippen molar-refractivity contribution in [2.75, 3.05) is 6.54 Å². The van der Waals surface area contributed by atoms with Crippen LogP contribution in [0.1, 0.15) is 100 Å². The standard InChI is InChI=1S/C29H45NO6/c1-17-18(2)25(32)30(24(17)31)14-11-23(33-35-28(7)12-9-19-15-21(28)26(19,3)4)34-36-29(8)13-10-20-16-22(29)27(20,5)6/h19-23H,9-16H2,1-8H3. The molecule has 7 aliphatic rings. The lowest BCUT2D eigenvalue weighted by Crippen LogP contribution is -2.61. The SMILES string of the molecule is CC1=C(C)C(=O)N(CCC(OOC2(C)CCC3CC2C3(C)C)OOC2(C)CCC3CC2C3(C)C)C1=O. The fourth-order valence-electron chi connectivity index (χ4n) is 8.25. The zero-order chi connectivity index (χ0) is 26.3. The highest BCUT2D eigenvalue weighted by atomic mass is 17.3. The van der Waals surface area contributed by atoms with E-state index in [1.165, 1.54) is 4.90 Å². The Hall–Kier alpha value is -1.28. The molecule has 7 rings (SSSR count). The van der Waals surface area contributed by atoms with Gasteiger partial charge in [0.05, 0.1) is 0 Å². The van der Waals surface area contributed by atoms with Crippen LogP contribution < -0.4 is 0 Å². The van der Waals surface area contributed by atoms with Crippen LogP contribution in [0.3, 0.4) is 0 Å². The molecule has 36 heavy (non-hydrogen) atoms. The molecular formula is C29H45NO6. The highest BCUT2D eigenvalue weighted by Crippen LogP contribution is 2.65. The summed E-state index contributed by atoms with van der Waals surface area (Å²) in [6, 6.07) is 0. The van der Waals surface area contributed by atoms with E-state index in [0.29, 0.717) is 23.0 Å². The van der Waals surface area contributed by atoms with Crippen molar-refractivity contribution >= 4 is 11.8 Å². The molecule has 1 aliphatic heterocycles. The van der Waals surface area contributed by atoms with Gasteiger partial charge in [0.1, 0.15) is 11.2 Å². The molecule has 0 aromatic rings. The van der Waals surface area contributed by atoms with Gasteiger partial charge in [0.2, 0.25) is 6.29 Å². The molecule has 0 aromatic carbocycles. The number of imide groups is 1. The average Bonchev–Trinajstić information content (AvgIpc) is 3.00. The molecule has 4 bridgehead atoms. The summed E-state index contributed by atoms with van der Waals surface area (Å²) < 4.78 is 0. The highest BCUT2D eigenvalue weighted by Gasteiger charge is 2.62. The Labute approximate surface area is 216 Å². The Morgan fingerprint density at radius 1 is 0.778 bits per heavy atom. The van der Waals surface area contributed by atoms with E-state index in [0.717, 1.165) is 50.4 Å². The van der Waals surface area contributed by atoms with Crippen LogP contribution in [0.2, 0.25) is 0 Å². The van der Waals surface area contributed by atoms with E-state index in [9.17, 15) is 9.59 Å². The van der Waals surface area contributed by atoms with Crippen molar-refractivity contribution in [2.24, 2.45) is 34.5 Å². The Morgan fingerprint density at radius 2 is 1.19 bits per heavy atom. The Bertz CT molecular complexity index is 895. The molecule has 6 aliphatic carbocycles. The predicted octanol–water partition coefficient (Wildman–Crippen LogP) is 5.73. The normalized spacial score (nSPS) is 41.3. The van der Waals surface area contributed by atoms with Gasteiger partial charge in [0.15, 0.2) is 0 Å². The molecule has 7 nitrogen and oxygen atoms in total. The van der Waals surface area contributed by atoms with Crippen molar-refractivity contribution in [3.05, 3.63) is 11.1 Å². The second-order valence-corrected chi connectivity index (χ2v) is 13.9. The Balaban J connectivity index is 1.25. The molecule has 0 spiro atoms. The maximum atomic E-state index is 12.6. The summed E-state index contributed by atoms with van der Waals surface area (Å²) in [5.74, 6) is 1.85. The summed E-state index contributed by atoms with van der Waals surface area (Å²) in [4.78, 5) is 50.8. The molecular weight excluding hydrogens is 458 g/mol. The number of carbonyl (C=O) groups excluding carboxylic acids is 2. The van der Waals surface area contributed by atoms with Crippen LogP contribution in [0, 0.1) is 34.5 Å². The maximum Gasteiger partial charge on any atom is 0.256 e. The number of hydrogen-bond donors (Lipinski definition) is 0. The van der Waals surface area contributed by atoms with Crippen LogP contribution in [-0.4, -0.2) is 40.8 Å². The van der Waals surface area contributed by atoms with Gasteiger partial charge in [-0.2, -0.15) is 0 Å². The molecule has 0 N–H and O–H groups in total. The third-order valence-electron chi connectivity index (χ3n) is 11.4. The first-order chi connectivity index (χ1) is 16.7. The maximum absolute atomic E-state index is 12.6. The quantitative estimate of drug-likeness (QED) is 0.173. The summed E-state index contributed by atoms with van der Waals surface area (Å²) in [6.07, 6.45) is 5.89. The highest BCUT2D eigenvalue weighted by molar-refractivity contribution is 6.18. The van der Waals surface area contributed by atoms with Gasteiger partial charge in [-0.15, -0.1) is 0 Å². The molecule has 202 valence electrons. The van der Waals surface area contributed by atoms with E-state index in [2.05, 4.69) is 41.5 Å². The Kier molecular flexibility index (Phi) is 6.30. The molecule has 2 amide bonds. The van der Waals surface area contributed by atoms with E-state index in [4.69, 9.17) is 19.6 Å². The summed E-state index contributed by atoms with van der Waals surface area (Å²) in [6.45, 7) is 17.1. The molecule has 6 atom stereocenters. The fraction of sp³-hybridized carbons (Fsp3) is 0.862. The molecule has 6 unspecified atom stereocenters. The van der Waals surface area contributed by atoms with Crippen molar-refractivity contribution in [2.45, 2.75) is 118 Å². The zero-order valence-corrected chi connectivity index (χ0v) is 23.4. The van der Waals surface area contributed by atoms with Crippen LogP contribution in [-0.2, 0) is 29.1 Å². The van der Waals surface area contributed by atoms with E-state index >= 15 is 0 Å². The van der Waals surface area contributed by atoms with Gasteiger partial charge >= 0.3 is 0 Å². The monoisotopic (exact) mass is 503 g/mol. The fourth-order valence-corrected chi connectivity index (χ4v) is 8.25. The van der Waals surface area contributed by atoms with Crippen LogP contribution in [0.4, 0.5) is 0 Å². The number of amides is 2. The van der Waals surface area contributed by atoms with Gasteiger partial charge in [-0.3, -0.25) is 14.5 Å². The first-order valence-electron chi connectivity index (χ1n) is 13.9. The van der Waals surface area contributed by atoms with Gasteiger partial charge < -0.3 is 0 Å². The summed E-state index contributed by atoms with van der Waals surface area (Å²) in [5, 5.41) is 0. The van der Waals surface area contributed by atoms with E-state index in [1.807, 2.05) is 0 Å². The number of carbonyl (C=O) groups is 2. The van der Waals surface area contributed by atoms with Gasteiger partial charge in [-0.05, 0) is 101 Å². The first-order valence-corrected chi connectivity index (χ1v) is 13.9. The van der Waals surface area contributed by atoms with Crippen LogP contribution >= 0.6 is 0 Å². The minimum Gasteiger partial charge on any atom is -0.275 e. The minimum absolute atomic E-state index is 0.186. The molecule has 6 fully saturated rings. The average molecular weight is 504 g/mol. The Morgan fingerprint density at radius 3 is 1.56 bits per heavy atom. The zero-order valence-electron chi connectivity index (χ0n) is 23.4. The van der Waals surface area contributed by atoms with Crippen molar-refractivity contribution in [3.63, 3.8) is 0 Å². The third kappa shape index (κ3) is 3.91. The summed E-state index contributed by atoms with van der Waals surface area (Å²) in [5.41, 5.74) is 0.677. The van der Waals surface area contributed by atoms with Gasteiger partial charge in [-0.1, -0.05) is 27.7 Å². The second kappa shape index (κ2) is 8.62. The molecule has 7 heteroatoms. The number of hydrogen-bond acceptors (Lipinski definition) is 6.